The van der Waals surface area contributed by atoms with Gasteiger partial charge in [0.2, 0.25) is 0 Å². The van der Waals surface area contributed by atoms with Crippen LogP contribution in [0.25, 0.3) is 0 Å². The van der Waals surface area contributed by atoms with Crippen LogP contribution in [-0.2, 0) is 4.74 Å². The molecule has 1 aromatic heterocycles. The first-order valence-corrected chi connectivity index (χ1v) is 7.47. The number of anilines is 3. The second-order valence-corrected chi connectivity index (χ2v) is 5.38. The fraction of sp³-hybridized carbons (Fsp3) is 0.235. The van der Waals surface area contributed by atoms with Crippen molar-refractivity contribution in [2.75, 3.05) is 17.7 Å². The lowest BCUT2D eigenvalue weighted by molar-refractivity contribution is 0.0600. The number of esters is 1. The van der Waals surface area contributed by atoms with Crippen LogP contribution in [0.1, 0.15) is 24.2 Å². The Hall–Kier alpha value is -3.09. The van der Waals surface area contributed by atoms with Crippen molar-refractivity contribution in [2.45, 2.75) is 19.9 Å². The molecule has 0 aliphatic heterocycles. The average molecular weight is 328 g/mol. The SMILES string of the molecule is COC(=O)c1ccc(Nc2ccc(NC(=O)NC(C)C)nc2)cc1. The molecule has 2 aromatic rings. The standard InChI is InChI=1S/C17H20N4O3/c1-11(2)19-17(23)21-15-9-8-14(10-18-15)20-13-6-4-12(5-7-13)16(22)24-3/h4-11,20H,1-3H3,(H2,18,19,21,23). The van der Waals surface area contributed by atoms with E-state index in [4.69, 9.17) is 0 Å². The number of nitrogens with one attached hydrogen (secondary N) is 3. The Morgan fingerprint density at radius 2 is 1.71 bits per heavy atom. The zero-order chi connectivity index (χ0) is 17.5. The normalized spacial score (nSPS) is 10.2. The molecule has 7 heteroatoms. The fourth-order valence-electron chi connectivity index (χ4n) is 1.93. The number of benzene rings is 1. The third kappa shape index (κ3) is 4.98. The third-order valence-corrected chi connectivity index (χ3v) is 3.02. The van der Waals surface area contributed by atoms with E-state index in [1.807, 2.05) is 13.8 Å². The predicted molar refractivity (Wildman–Crippen MR) is 92.6 cm³/mol. The molecule has 0 spiro atoms. The zero-order valence-corrected chi connectivity index (χ0v) is 13.8. The molecule has 126 valence electrons. The first kappa shape index (κ1) is 17.3. The molecule has 0 aliphatic carbocycles. The van der Waals surface area contributed by atoms with Gasteiger partial charge in [-0.2, -0.15) is 0 Å². The number of aromatic nitrogens is 1. The van der Waals surface area contributed by atoms with E-state index in [-0.39, 0.29) is 18.0 Å². The number of urea groups is 1. The minimum atomic E-state index is -0.377. The molecular formula is C17H20N4O3. The molecule has 0 aliphatic rings. The maximum Gasteiger partial charge on any atom is 0.337 e. The van der Waals surface area contributed by atoms with Gasteiger partial charge in [0.25, 0.3) is 0 Å². The highest BCUT2D eigenvalue weighted by atomic mass is 16.5. The number of hydrogen-bond acceptors (Lipinski definition) is 5. The van der Waals surface area contributed by atoms with Crippen molar-refractivity contribution < 1.29 is 14.3 Å². The van der Waals surface area contributed by atoms with Crippen LogP contribution in [0.15, 0.2) is 42.6 Å². The number of amides is 2. The Balaban J connectivity index is 1.96. The average Bonchev–Trinajstić information content (AvgIpc) is 2.56. The lowest BCUT2D eigenvalue weighted by Gasteiger charge is -2.10. The van der Waals surface area contributed by atoms with Crippen LogP contribution in [0.5, 0.6) is 0 Å². The summed E-state index contributed by atoms with van der Waals surface area (Å²) in [4.78, 5) is 27.2. The lowest BCUT2D eigenvalue weighted by atomic mass is 10.2. The molecule has 3 N–H and O–H groups in total. The van der Waals surface area contributed by atoms with Crippen LogP contribution in [0, 0.1) is 0 Å². The Bertz CT molecular complexity index is 697. The molecule has 0 bridgehead atoms. The van der Waals surface area contributed by atoms with Crippen LogP contribution in [0.3, 0.4) is 0 Å². The summed E-state index contributed by atoms with van der Waals surface area (Å²) in [5.74, 6) is 0.0815. The molecule has 0 atom stereocenters. The Morgan fingerprint density at radius 1 is 1.04 bits per heavy atom. The van der Waals surface area contributed by atoms with Gasteiger partial charge in [-0.25, -0.2) is 14.6 Å². The van der Waals surface area contributed by atoms with Gasteiger partial charge in [0.1, 0.15) is 5.82 Å². The van der Waals surface area contributed by atoms with E-state index >= 15 is 0 Å². The van der Waals surface area contributed by atoms with Gasteiger partial charge in [-0.15, -0.1) is 0 Å². The number of ether oxygens (including phenoxy) is 1. The maximum atomic E-state index is 11.6. The highest BCUT2D eigenvalue weighted by molar-refractivity contribution is 5.90. The zero-order valence-electron chi connectivity index (χ0n) is 13.8. The molecular weight excluding hydrogens is 308 g/mol. The van der Waals surface area contributed by atoms with E-state index in [0.29, 0.717) is 11.4 Å². The number of rotatable bonds is 5. The predicted octanol–water partition coefficient (Wildman–Crippen LogP) is 3.14. The van der Waals surface area contributed by atoms with Crippen molar-refractivity contribution in [1.82, 2.24) is 10.3 Å². The van der Waals surface area contributed by atoms with E-state index in [1.54, 1.807) is 42.6 Å². The van der Waals surface area contributed by atoms with Crippen molar-refractivity contribution in [3.05, 3.63) is 48.2 Å². The first-order chi connectivity index (χ1) is 11.5. The summed E-state index contributed by atoms with van der Waals surface area (Å²) in [5.41, 5.74) is 2.05. The quantitative estimate of drug-likeness (QED) is 0.733. The van der Waals surface area contributed by atoms with Gasteiger partial charge in [-0.05, 0) is 50.2 Å². The second kappa shape index (κ2) is 7.96. The van der Waals surface area contributed by atoms with E-state index in [0.717, 1.165) is 11.4 Å². The van der Waals surface area contributed by atoms with Crippen molar-refractivity contribution in [1.29, 1.82) is 0 Å². The molecule has 2 amide bonds. The van der Waals surface area contributed by atoms with E-state index in [1.165, 1.54) is 7.11 Å². The van der Waals surface area contributed by atoms with E-state index in [2.05, 4.69) is 25.7 Å². The van der Waals surface area contributed by atoms with Crippen molar-refractivity contribution in [3.63, 3.8) is 0 Å². The highest BCUT2D eigenvalue weighted by Crippen LogP contribution is 2.18. The molecule has 0 unspecified atom stereocenters. The third-order valence-electron chi connectivity index (χ3n) is 3.02. The number of carbonyl (C=O) groups is 2. The number of carbonyl (C=O) groups excluding carboxylic acids is 2. The summed E-state index contributed by atoms with van der Waals surface area (Å²) in [6.07, 6.45) is 1.61. The smallest absolute Gasteiger partial charge is 0.337 e. The number of methoxy groups -OCH3 is 1. The minimum absolute atomic E-state index is 0.0545. The van der Waals surface area contributed by atoms with Gasteiger partial charge in [-0.3, -0.25) is 5.32 Å². The second-order valence-electron chi connectivity index (χ2n) is 5.38. The largest absolute Gasteiger partial charge is 0.465 e. The summed E-state index contributed by atoms with van der Waals surface area (Å²) >= 11 is 0. The minimum Gasteiger partial charge on any atom is -0.465 e. The molecule has 0 saturated carbocycles. The Morgan fingerprint density at radius 3 is 2.25 bits per heavy atom. The Kier molecular flexibility index (Phi) is 5.73. The summed E-state index contributed by atoms with van der Waals surface area (Å²) in [6.45, 7) is 3.76. The van der Waals surface area contributed by atoms with E-state index < -0.39 is 0 Å². The summed E-state index contributed by atoms with van der Waals surface area (Å²) in [6, 6.07) is 10.2. The van der Waals surface area contributed by atoms with Gasteiger partial charge >= 0.3 is 12.0 Å². The number of hydrogen-bond donors (Lipinski definition) is 3. The topological polar surface area (TPSA) is 92.4 Å². The van der Waals surface area contributed by atoms with Gasteiger partial charge in [0.15, 0.2) is 0 Å². The molecule has 1 aromatic carbocycles. The molecule has 2 rings (SSSR count). The molecule has 7 nitrogen and oxygen atoms in total. The molecule has 1 heterocycles. The summed E-state index contributed by atoms with van der Waals surface area (Å²) in [7, 11) is 1.34. The van der Waals surface area contributed by atoms with Crippen LogP contribution in [-0.4, -0.2) is 30.1 Å². The van der Waals surface area contributed by atoms with Gasteiger partial charge in [-0.1, -0.05) is 0 Å². The van der Waals surface area contributed by atoms with Crippen molar-refractivity contribution in [3.8, 4) is 0 Å². The lowest BCUT2D eigenvalue weighted by Crippen LogP contribution is -2.34. The van der Waals surface area contributed by atoms with E-state index in [9.17, 15) is 9.59 Å². The summed E-state index contributed by atoms with van der Waals surface area (Å²) in [5, 5.41) is 8.53. The van der Waals surface area contributed by atoms with Gasteiger partial charge < -0.3 is 15.4 Å². The maximum absolute atomic E-state index is 11.6. The summed E-state index contributed by atoms with van der Waals surface area (Å²) < 4.78 is 4.65. The molecule has 24 heavy (non-hydrogen) atoms. The fourth-order valence-corrected chi connectivity index (χ4v) is 1.93. The Labute approximate surface area is 140 Å². The number of pyridine rings is 1. The molecule has 0 fully saturated rings. The van der Waals surface area contributed by atoms with Crippen LogP contribution in [0.4, 0.5) is 22.0 Å². The number of nitrogens with zero attached hydrogens (tertiary/aromatic N) is 1. The van der Waals surface area contributed by atoms with Crippen LogP contribution < -0.4 is 16.0 Å². The highest BCUT2D eigenvalue weighted by Gasteiger charge is 2.06. The van der Waals surface area contributed by atoms with Crippen LogP contribution >= 0.6 is 0 Å². The first-order valence-electron chi connectivity index (χ1n) is 7.47. The van der Waals surface area contributed by atoms with Crippen LogP contribution in [0.2, 0.25) is 0 Å². The molecule has 0 saturated heterocycles. The monoisotopic (exact) mass is 328 g/mol. The molecule has 0 radical (unpaired) electrons. The van der Waals surface area contributed by atoms with Crippen molar-refractivity contribution >= 4 is 29.2 Å². The van der Waals surface area contributed by atoms with Gasteiger partial charge in [0.05, 0.1) is 24.6 Å². The van der Waals surface area contributed by atoms with Gasteiger partial charge in [0, 0.05) is 11.7 Å². The van der Waals surface area contributed by atoms with Crippen molar-refractivity contribution in [2.24, 2.45) is 0 Å².